The van der Waals surface area contributed by atoms with Crippen LogP contribution in [0.2, 0.25) is 0 Å². The molecule has 31 heavy (non-hydrogen) atoms. The Kier molecular flexibility index (Phi) is 5.73. The van der Waals surface area contributed by atoms with Gasteiger partial charge in [-0.1, -0.05) is 41.1 Å². The topological polar surface area (TPSA) is 89.5 Å². The first-order valence-corrected chi connectivity index (χ1v) is 10.7. The quantitative estimate of drug-likeness (QED) is 0.415. The Bertz CT molecular complexity index is 1400. The van der Waals surface area contributed by atoms with Crippen LogP contribution in [0.4, 0.5) is 0 Å². The van der Waals surface area contributed by atoms with Crippen LogP contribution in [0.3, 0.4) is 0 Å². The largest absolute Gasteiger partial charge is 0.480 e. The molecule has 0 unspecified atom stereocenters. The Hall–Kier alpha value is -3.26. The summed E-state index contributed by atoms with van der Waals surface area (Å²) in [5, 5.41) is 15.2. The average Bonchev–Trinajstić information content (AvgIpc) is 3.00. The summed E-state index contributed by atoms with van der Waals surface area (Å²) in [6.07, 6.45) is 3.06. The summed E-state index contributed by atoms with van der Waals surface area (Å²) in [7, 11) is 0. The number of benzene rings is 2. The number of aromatic nitrogens is 3. The van der Waals surface area contributed by atoms with Gasteiger partial charge in [0, 0.05) is 33.1 Å². The highest BCUT2D eigenvalue weighted by Gasteiger charge is 2.15. The number of fused-ring (bicyclic) bond motifs is 2. The van der Waals surface area contributed by atoms with Crippen LogP contribution in [0.5, 0.6) is 0 Å². The van der Waals surface area contributed by atoms with Crippen LogP contribution in [-0.2, 0) is 17.8 Å². The fourth-order valence-electron chi connectivity index (χ4n) is 3.77. The van der Waals surface area contributed by atoms with Crippen molar-refractivity contribution in [3.63, 3.8) is 0 Å². The molecule has 7 nitrogen and oxygen atoms in total. The van der Waals surface area contributed by atoms with E-state index in [0.29, 0.717) is 23.1 Å². The maximum atomic E-state index is 13.2. The second kappa shape index (κ2) is 8.47. The van der Waals surface area contributed by atoms with E-state index in [2.05, 4.69) is 26.0 Å². The van der Waals surface area contributed by atoms with E-state index in [-0.39, 0.29) is 12.1 Å². The number of halogens is 1. The monoisotopic (exact) mass is 480 g/mol. The van der Waals surface area contributed by atoms with Crippen LogP contribution in [0.1, 0.15) is 30.4 Å². The molecule has 8 heteroatoms. The summed E-state index contributed by atoms with van der Waals surface area (Å²) in [5.74, 6) is -0.330. The Labute approximate surface area is 186 Å². The maximum Gasteiger partial charge on any atom is 0.323 e. The lowest BCUT2D eigenvalue weighted by Crippen LogP contribution is -2.22. The first-order chi connectivity index (χ1) is 14.9. The molecule has 4 rings (SSSR count). The molecular weight excluding hydrogens is 460 g/mol. The van der Waals surface area contributed by atoms with Crippen molar-refractivity contribution in [2.45, 2.75) is 33.2 Å². The van der Waals surface area contributed by atoms with E-state index in [9.17, 15) is 14.7 Å². The number of carbonyl (C=O) groups is 1. The van der Waals surface area contributed by atoms with E-state index in [1.165, 1.54) is 4.68 Å². The van der Waals surface area contributed by atoms with Gasteiger partial charge in [-0.25, -0.2) is 4.98 Å². The lowest BCUT2D eigenvalue weighted by Gasteiger charge is -2.09. The summed E-state index contributed by atoms with van der Waals surface area (Å²) in [4.78, 5) is 29.2. The van der Waals surface area contributed by atoms with Crippen molar-refractivity contribution in [1.82, 2.24) is 14.2 Å². The second-order valence-corrected chi connectivity index (χ2v) is 8.21. The molecule has 0 radical (unpaired) electrons. The van der Waals surface area contributed by atoms with Crippen molar-refractivity contribution in [2.24, 2.45) is 5.10 Å². The second-order valence-electron chi connectivity index (χ2n) is 7.30. The Balaban J connectivity index is 1.91. The molecule has 4 aromatic rings. The minimum absolute atomic E-state index is 0.146. The first kappa shape index (κ1) is 21.0. The van der Waals surface area contributed by atoms with E-state index in [4.69, 9.17) is 0 Å². The minimum atomic E-state index is -0.918. The number of carboxylic acid groups (broad SMARTS) is 1. The molecule has 0 spiro atoms. The van der Waals surface area contributed by atoms with E-state index in [1.54, 1.807) is 16.8 Å². The molecule has 0 bridgehead atoms. The van der Waals surface area contributed by atoms with Crippen molar-refractivity contribution in [3.8, 4) is 0 Å². The molecule has 2 heterocycles. The van der Waals surface area contributed by atoms with E-state index in [1.807, 2.05) is 50.2 Å². The molecule has 0 aliphatic heterocycles. The smallest absolute Gasteiger partial charge is 0.323 e. The SMILES string of the molecule is CCCc1nc2ccc(Br)cc2c(=O)n1N=Cc1c(C)n(CC(=O)O)c2ccccc12. The average molecular weight is 481 g/mol. The molecule has 158 valence electrons. The van der Waals surface area contributed by atoms with Gasteiger partial charge in [0.2, 0.25) is 0 Å². The third-order valence-electron chi connectivity index (χ3n) is 5.22. The number of rotatable bonds is 6. The molecule has 0 atom stereocenters. The summed E-state index contributed by atoms with van der Waals surface area (Å²) < 4.78 is 3.89. The Morgan fingerprint density at radius 3 is 2.74 bits per heavy atom. The van der Waals surface area contributed by atoms with Crippen LogP contribution >= 0.6 is 15.9 Å². The maximum absolute atomic E-state index is 13.2. The zero-order valence-corrected chi connectivity index (χ0v) is 18.8. The molecule has 1 N–H and O–H groups in total. The van der Waals surface area contributed by atoms with Crippen LogP contribution in [0.15, 0.2) is 56.8 Å². The van der Waals surface area contributed by atoms with Gasteiger partial charge >= 0.3 is 5.97 Å². The molecule has 0 aliphatic rings. The fraction of sp³-hybridized carbons (Fsp3) is 0.217. The van der Waals surface area contributed by atoms with Crippen molar-refractivity contribution >= 4 is 49.9 Å². The molecule has 0 saturated heterocycles. The molecule has 2 aromatic carbocycles. The lowest BCUT2D eigenvalue weighted by atomic mass is 10.1. The molecule has 0 fully saturated rings. The van der Waals surface area contributed by atoms with Crippen LogP contribution in [0.25, 0.3) is 21.8 Å². The highest BCUT2D eigenvalue weighted by molar-refractivity contribution is 9.10. The highest BCUT2D eigenvalue weighted by atomic mass is 79.9. The van der Waals surface area contributed by atoms with Gasteiger partial charge in [0.25, 0.3) is 5.56 Å². The van der Waals surface area contributed by atoms with Gasteiger partial charge in [0.05, 0.1) is 17.1 Å². The predicted octanol–water partition coefficient (Wildman–Crippen LogP) is 4.34. The van der Waals surface area contributed by atoms with Gasteiger partial charge in [0.1, 0.15) is 12.4 Å². The number of aliphatic carboxylic acids is 1. The summed E-state index contributed by atoms with van der Waals surface area (Å²) in [6.45, 7) is 3.73. The molecule has 0 amide bonds. The predicted molar refractivity (Wildman–Crippen MR) is 125 cm³/mol. The van der Waals surface area contributed by atoms with E-state index < -0.39 is 5.97 Å². The number of hydrogen-bond acceptors (Lipinski definition) is 4. The van der Waals surface area contributed by atoms with Gasteiger partial charge in [-0.2, -0.15) is 9.78 Å². The minimum Gasteiger partial charge on any atom is -0.480 e. The van der Waals surface area contributed by atoms with Gasteiger partial charge < -0.3 is 9.67 Å². The highest BCUT2D eigenvalue weighted by Crippen LogP contribution is 2.24. The van der Waals surface area contributed by atoms with Crippen LogP contribution in [0, 0.1) is 6.92 Å². The van der Waals surface area contributed by atoms with Crippen molar-refractivity contribution in [2.75, 3.05) is 0 Å². The van der Waals surface area contributed by atoms with Gasteiger partial charge in [-0.15, -0.1) is 0 Å². The third kappa shape index (κ3) is 3.90. The lowest BCUT2D eigenvalue weighted by molar-refractivity contribution is -0.137. The van der Waals surface area contributed by atoms with Gasteiger partial charge in [-0.05, 0) is 37.6 Å². The van der Waals surface area contributed by atoms with Crippen LogP contribution in [-0.4, -0.2) is 31.5 Å². The zero-order chi connectivity index (χ0) is 22.1. The first-order valence-electron chi connectivity index (χ1n) is 9.96. The molecule has 2 aromatic heterocycles. The standard InChI is InChI=1S/C23H21BrN4O3/c1-3-6-21-26-19-10-9-15(24)11-17(19)23(31)28(21)25-12-18-14(2)27(13-22(29)30)20-8-5-4-7-16(18)20/h4-5,7-12H,3,6,13H2,1-2H3,(H,29,30). The number of para-hydroxylation sites is 1. The van der Waals surface area contributed by atoms with Gasteiger partial charge in [0.15, 0.2) is 0 Å². The Morgan fingerprint density at radius 2 is 2.00 bits per heavy atom. The number of hydrogen-bond donors (Lipinski definition) is 1. The Morgan fingerprint density at radius 1 is 1.23 bits per heavy atom. The van der Waals surface area contributed by atoms with Crippen molar-refractivity contribution in [1.29, 1.82) is 0 Å². The van der Waals surface area contributed by atoms with Crippen molar-refractivity contribution < 1.29 is 9.90 Å². The summed E-state index contributed by atoms with van der Waals surface area (Å²) in [5.41, 5.74) is 2.76. The third-order valence-corrected chi connectivity index (χ3v) is 5.72. The summed E-state index contributed by atoms with van der Waals surface area (Å²) in [6, 6.07) is 13.0. The number of carboxylic acids is 1. The number of nitrogens with zero attached hydrogens (tertiary/aromatic N) is 4. The van der Waals surface area contributed by atoms with Crippen LogP contribution < -0.4 is 5.56 Å². The number of aryl methyl sites for hydroxylation is 1. The summed E-state index contributed by atoms with van der Waals surface area (Å²) >= 11 is 3.41. The molecule has 0 aliphatic carbocycles. The molecule has 0 saturated carbocycles. The zero-order valence-electron chi connectivity index (χ0n) is 17.2. The van der Waals surface area contributed by atoms with E-state index >= 15 is 0 Å². The van der Waals surface area contributed by atoms with E-state index in [0.717, 1.165) is 33.1 Å². The normalized spacial score (nSPS) is 11.7. The fourth-order valence-corrected chi connectivity index (χ4v) is 4.14. The van der Waals surface area contributed by atoms with Crippen molar-refractivity contribution in [3.05, 3.63) is 74.4 Å². The molecular formula is C23H21BrN4O3. The van der Waals surface area contributed by atoms with Gasteiger partial charge in [-0.3, -0.25) is 9.59 Å².